The van der Waals surface area contributed by atoms with Gasteiger partial charge in [-0.25, -0.2) is 0 Å². The summed E-state index contributed by atoms with van der Waals surface area (Å²) in [5, 5.41) is 8.81. The van der Waals surface area contributed by atoms with Gasteiger partial charge in [-0.1, -0.05) is 0 Å². The Balaban J connectivity index is 2.71. The molecule has 0 aliphatic heterocycles. The topological polar surface area (TPSA) is 79.7 Å². The number of pyridine rings is 1. The standard InChI is InChI=1S/C13H18N2O4/c1-9(2)15(8-12(16)17)13(18)10(3)19-11-5-4-6-14-7-11/h4-7,9-10H,8H2,1-3H3,(H,16,17). The Morgan fingerprint density at radius 1 is 1.42 bits per heavy atom. The molecule has 1 heterocycles. The zero-order chi connectivity index (χ0) is 14.4. The van der Waals surface area contributed by atoms with Crippen molar-refractivity contribution in [3.63, 3.8) is 0 Å². The van der Waals surface area contributed by atoms with Gasteiger partial charge in [-0.3, -0.25) is 14.6 Å². The number of carboxylic acids is 1. The Morgan fingerprint density at radius 2 is 2.11 bits per heavy atom. The van der Waals surface area contributed by atoms with Crippen molar-refractivity contribution in [3.05, 3.63) is 24.5 Å². The molecular formula is C13H18N2O4. The van der Waals surface area contributed by atoms with Gasteiger partial charge in [0.2, 0.25) is 0 Å². The molecule has 1 aromatic heterocycles. The molecule has 0 bridgehead atoms. The summed E-state index contributed by atoms with van der Waals surface area (Å²) in [6.07, 6.45) is 2.34. The van der Waals surface area contributed by atoms with Crippen LogP contribution in [0.5, 0.6) is 5.75 Å². The van der Waals surface area contributed by atoms with Crippen LogP contribution in [0.4, 0.5) is 0 Å². The first-order valence-electron chi connectivity index (χ1n) is 6.00. The number of carbonyl (C=O) groups is 2. The highest BCUT2D eigenvalue weighted by Crippen LogP contribution is 2.11. The van der Waals surface area contributed by atoms with Crippen molar-refractivity contribution in [2.45, 2.75) is 32.9 Å². The lowest BCUT2D eigenvalue weighted by molar-refractivity contribution is -0.149. The summed E-state index contributed by atoms with van der Waals surface area (Å²) >= 11 is 0. The molecule has 19 heavy (non-hydrogen) atoms. The molecule has 0 saturated heterocycles. The summed E-state index contributed by atoms with van der Waals surface area (Å²) in [5.74, 6) is -0.931. The Morgan fingerprint density at radius 3 is 2.58 bits per heavy atom. The van der Waals surface area contributed by atoms with Crippen LogP contribution >= 0.6 is 0 Å². The maximum Gasteiger partial charge on any atom is 0.323 e. The van der Waals surface area contributed by atoms with Gasteiger partial charge in [0.25, 0.3) is 5.91 Å². The van der Waals surface area contributed by atoms with Crippen molar-refractivity contribution in [1.29, 1.82) is 0 Å². The van der Waals surface area contributed by atoms with E-state index in [4.69, 9.17) is 9.84 Å². The van der Waals surface area contributed by atoms with Crippen molar-refractivity contribution in [2.24, 2.45) is 0 Å². The number of amides is 1. The van der Waals surface area contributed by atoms with Crippen molar-refractivity contribution >= 4 is 11.9 Å². The Labute approximate surface area is 112 Å². The van der Waals surface area contributed by atoms with E-state index >= 15 is 0 Å². The molecule has 0 aliphatic carbocycles. The van der Waals surface area contributed by atoms with E-state index in [0.717, 1.165) is 0 Å². The van der Waals surface area contributed by atoms with Gasteiger partial charge in [0.05, 0.1) is 6.20 Å². The molecule has 104 valence electrons. The van der Waals surface area contributed by atoms with Gasteiger partial charge in [-0.05, 0) is 32.9 Å². The minimum Gasteiger partial charge on any atom is -0.480 e. The van der Waals surface area contributed by atoms with Gasteiger partial charge >= 0.3 is 5.97 Å². The molecule has 6 heteroatoms. The molecule has 1 amide bonds. The molecular weight excluding hydrogens is 248 g/mol. The highest BCUT2D eigenvalue weighted by Gasteiger charge is 2.26. The van der Waals surface area contributed by atoms with E-state index in [1.165, 1.54) is 11.1 Å². The van der Waals surface area contributed by atoms with Crippen LogP contribution in [0.1, 0.15) is 20.8 Å². The van der Waals surface area contributed by atoms with E-state index in [1.807, 2.05) is 0 Å². The number of aliphatic carboxylic acids is 1. The van der Waals surface area contributed by atoms with Gasteiger partial charge < -0.3 is 14.7 Å². The van der Waals surface area contributed by atoms with Crippen molar-refractivity contribution < 1.29 is 19.4 Å². The van der Waals surface area contributed by atoms with E-state index in [0.29, 0.717) is 5.75 Å². The van der Waals surface area contributed by atoms with Crippen LogP contribution in [-0.4, -0.2) is 45.6 Å². The lowest BCUT2D eigenvalue weighted by Gasteiger charge is -2.27. The minimum absolute atomic E-state index is 0.205. The lowest BCUT2D eigenvalue weighted by Crippen LogP contribution is -2.46. The predicted octanol–water partition coefficient (Wildman–Crippen LogP) is 1.17. The third-order valence-corrected chi connectivity index (χ3v) is 2.51. The molecule has 1 rings (SSSR count). The summed E-state index contributed by atoms with van der Waals surface area (Å²) in [6, 6.07) is 3.18. The van der Waals surface area contributed by atoms with E-state index in [2.05, 4.69) is 4.98 Å². The first kappa shape index (κ1) is 14.9. The average Bonchev–Trinajstić information content (AvgIpc) is 2.35. The molecule has 1 unspecified atom stereocenters. The SMILES string of the molecule is CC(Oc1cccnc1)C(=O)N(CC(=O)O)C(C)C. The number of rotatable bonds is 6. The first-order chi connectivity index (χ1) is 8.91. The second-order valence-electron chi connectivity index (χ2n) is 4.40. The Hall–Kier alpha value is -2.11. The van der Waals surface area contributed by atoms with Gasteiger partial charge in [-0.15, -0.1) is 0 Å². The van der Waals surface area contributed by atoms with Crippen LogP contribution < -0.4 is 4.74 Å². The Bertz CT molecular complexity index is 434. The molecule has 0 aromatic carbocycles. The number of aromatic nitrogens is 1. The molecule has 0 fully saturated rings. The summed E-state index contributed by atoms with van der Waals surface area (Å²) in [6.45, 7) is 4.78. The second-order valence-corrected chi connectivity index (χ2v) is 4.40. The predicted molar refractivity (Wildman–Crippen MR) is 68.8 cm³/mol. The number of ether oxygens (including phenoxy) is 1. The van der Waals surface area contributed by atoms with E-state index in [1.54, 1.807) is 39.1 Å². The second kappa shape index (κ2) is 6.72. The smallest absolute Gasteiger partial charge is 0.323 e. The molecule has 0 radical (unpaired) electrons. The van der Waals surface area contributed by atoms with Gasteiger partial charge in [0.1, 0.15) is 12.3 Å². The third kappa shape index (κ3) is 4.57. The summed E-state index contributed by atoms with van der Waals surface area (Å²) in [4.78, 5) is 28.0. The van der Waals surface area contributed by atoms with Gasteiger partial charge in [-0.2, -0.15) is 0 Å². The van der Waals surface area contributed by atoms with Crippen LogP contribution in [-0.2, 0) is 9.59 Å². The highest BCUT2D eigenvalue weighted by molar-refractivity contribution is 5.84. The maximum absolute atomic E-state index is 12.1. The van der Waals surface area contributed by atoms with Crippen LogP contribution in [0.3, 0.4) is 0 Å². The monoisotopic (exact) mass is 266 g/mol. The normalized spacial score (nSPS) is 12.0. The van der Waals surface area contributed by atoms with Crippen LogP contribution in [0, 0.1) is 0 Å². The van der Waals surface area contributed by atoms with Crippen molar-refractivity contribution in [1.82, 2.24) is 9.88 Å². The fraction of sp³-hybridized carbons (Fsp3) is 0.462. The molecule has 1 aromatic rings. The fourth-order valence-electron chi connectivity index (χ4n) is 1.57. The first-order valence-corrected chi connectivity index (χ1v) is 6.00. The maximum atomic E-state index is 12.1. The number of carboxylic acid groups (broad SMARTS) is 1. The highest BCUT2D eigenvalue weighted by atomic mass is 16.5. The number of hydrogen-bond donors (Lipinski definition) is 1. The van der Waals surface area contributed by atoms with Crippen LogP contribution in [0.2, 0.25) is 0 Å². The largest absolute Gasteiger partial charge is 0.480 e. The molecule has 1 atom stereocenters. The van der Waals surface area contributed by atoms with E-state index in [9.17, 15) is 9.59 Å². The van der Waals surface area contributed by atoms with Crippen LogP contribution in [0.25, 0.3) is 0 Å². The number of carbonyl (C=O) groups excluding carboxylic acids is 1. The van der Waals surface area contributed by atoms with Gasteiger partial charge in [0, 0.05) is 12.2 Å². The lowest BCUT2D eigenvalue weighted by atomic mass is 10.2. The van der Waals surface area contributed by atoms with Gasteiger partial charge in [0.15, 0.2) is 6.10 Å². The third-order valence-electron chi connectivity index (χ3n) is 2.51. The van der Waals surface area contributed by atoms with E-state index < -0.39 is 12.1 Å². The van der Waals surface area contributed by atoms with Crippen molar-refractivity contribution in [3.8, 4) is 5.75 Å². The summed E-state index contributed by atoms with van der Waals surface area (Å²) in [5.41, 5.74) is 0. The fourth-order valence-corrected chi connectivity index (χ4v) is 1.57. The molecule has 6 nitrogen and oxygen atoms in total. The number of hydrogen-bond acceptors (Lipinski definition) is 4. The summed E-state index contributed by atoms with van der Waals surface area (Å²) in [7, 11) is 0. The van der Waals surface area contributed by atoms with Crippen LogP contribution in [0.15, 0.2) is 24.5 Å². The molecule has 0 spiro atoms. The molecule has 0 aliphatic rings. The molecule has 1 N–H and O–H groups in total. The van der Waals surface area contributed by atoms with Crippen molar-refractivity contribution in [2.75, 3.05) is 6.54 Å². The zero-order valence-corrected chi connectivity index (χ0v) is 11.2. The Kier molecular flexibility index (Phi) is 5.29. The zero-order valence-electron chi connectivity index (χ0n) is 11.2. The van der Waals surface area contributed by atoms with E-state index in [-0.39, 0.29) is 18.5 Å². The number of nitrogens with zero attached hydrogens (tertiary/aromatic N) is 2. The molecule has 0 saturated carbocycles. The minimum atomic E-state index is -1.05. The quantitative estimate of drug-likeness (QED) is 0.836. The summed E-state index contributed by atoms with van der Waals surface area (Å²) < 4.78 is 5.44. The average molecular weight is 266 g/mol.